The molecule has 0 spiro atoms. The summed E-state index contributed by atoms with van der Waals surface area (Å²) in [6, 6.07) is 15.8. The van der Waals surface area contributed by atoms with Gasteiger partial charge in [0.15, 0.2) is 17.5 Å². The molecule has 0 radical (unpaired) electrons. The Balaban J connectivity index is 1.37. The molecule has 0 aromatic heterocycles. The van der Waals surface area contributed by atoms with E-state index in [2.05, 4.69) is 26.7 Å². The number of nitrogens with zero attached hydrogens (tertiary/aromatic N) is 7. The molecule has 0 bridgehead atoms. The maximum atomic E-state index is 15.2. The molecule has 0 amide bonds. The molecule has 0 unspecified atom stereocenters. The molecule has 3 aromatic carbocycles. The Bertz CT molecular complexity index is 1920. The lowest BCUT2D eigenvalue weighted by molar-refractivity contribution is 0.429. The van der Waals surface area contributed by atoms with E-state index in [1.54, 1.807) is 29.2 Å². The third kappa shape index (κ3) is 5.48. The molecule has 0 N–H and O–H groups in total. The van der Waals surface area contributed by atoms with Crippen LogP contribution in [0.4, 0.5) is 13.2 Å². The summed E-state index contributed by atoms with van der Waals surface area (Å²) in [6.45, 7) is 8.54. The minimum absolute atomic E-state index is 0.149. The lowest BCUT2D eigenvalue weighted by Gasteiger charge is -2.31. The summed E-state index contributed by atoms with van der Waals surface area (Å²) in [5.41, 5.74) is 2.54. The highest BCUT2D eigenvalue weighted by Gasteiger charge is 2.37. The van der Waals surface area contributed by atoms with Crippen LogP contribution in [-0.2, 0) is 0 Å². The molecule has 0 saturated heterocycles. The zero-order valence-electron chi connectivity index (χ0n) is 26.2. The smallest absolute Gasteiger partial charge is 0.213 e. The monoisotopic (exact) mass is 635 g/mol. The minimum atomic E-state index is -2.14. The van der Waals surface area contributed by atoms with Gasteiger partial charge in [-0.25, -0.2) is 18.1 Å². The summed E-state index contributed by atoms with van der Waals surface area (Å²) in [5.74, 6) is 0.994. The minimum Gasteiger partial charge on any atom is -0.213 e. The van der Waals surface area contributed by atoms with Gasteiger partial charge in [0.05, 0.1) is 7.94 Å². The molecule has 46 heavy (non-hydrogen) atoms. The van der Waals surface area contributed by atoms with E-state index < -0.39 is 7.94 Å². The molecule has 3 aromatic rings. The van der Waals surface area contributed by atoms with Crippen molar-refractivity contribution in [3.8, 4) is 0 Å². The van der Waals surface area contributed by atoms with E-state index in [-0.39, 0.29) is 41.2 Å². The van der Waals surface area contributed by atoms with Crippen molar-refractivity contribution in [2.45, 2.75) is 64.8 Å². The third-order valence-electron chi connectivity index (χ3n) is 9.60. The zero-order chi connectivity index (χ0) is 32.2. The van der Waals surface area contributed by atoms with Gasteiger partial charge in [-0.15, -0.1) is 0 Å². The summed E-state index contributed by atoms with van der Waals surface area (Å²) in [4.78, 5) is 30.1. The predicted molar refractivity (Wildman–Crippen MR) is 183 cm³/mol. The van der Waals surface area contributed by atoms with Crippen molar-refractivity contribution in [3.05, 3.63) is 100 Å². The van der Waals surface area contributed by atoms with Crippen molar-refractivity contribution in [2.24, 2.45) is 30.0 Å². The lowest BCUT2D eigenvalue weighted by Crippen LogP contribution is -2.54. The first kappa shape index (κ1) is 30.2. The van der Waals surface area contributed by atoms with Crippen LogP contribution in [0.2, 0.25) is 26.7 Å². The Morgan fingerprint density at radius 1 is 0.630 bits per heavy atom. The van der Waals surface area contributed by atoms with Crippen molar-refractivity contribution < 1.29 is 13.2 Å². The number of guanidine groups is 3. The van der Waals surface area contributed by atoms with Crippen molar-refractivity contribution in [2.75, 3.05) is 0 Å². The fraction of sp³-hybridized carbons (Fsp3) is 0.294. The Kier molecular flexibility index (Phi) is 7.70. The summed E-state index contributed by atoms with van der Waals surface area (Å²) in [5, 5.41) is 0.695. The second-order valence-corrected chi connectivity index (χ2v) is 18.2. The molecule has 7 nitrogen and oxygen atoms in total. The third-order valence-corrected chi connectivity index (χ3v) is 14.3. The van der Waals surface area contributed by atoms with Gasteiger partial charge in [-0.3, -0.25) is 0 Å². The van der Waals surface area contributed by atoms with Crippen LogP contribution in [0.15, 0.2) is 90.6 Å². The van der Waals surface area contributed by atoms with Crippen molar-refractivity contribution in [3.63, 3.8) is 0 Å². The normalized spacial score (nSPS) is 18.1. The molecule has 3 heterocycles. The first-order valence-electron chi connectivity index (χ1n) is 15.8. The largest absolute Gasteiger partial charge is 0.243 e. The van der Waals surface area contributed by atoms with E-state index in [0.29, 0.717) is 51.3 Å². The van der Waals surface area contributed by atoms with Gasteiger partial charge in [0.25, 0.3) is 0 Å². The van der Waals surface area contributed by atoms with Crippen LogP contribution in [0.5, 0.6) is 0 Å². The van der Waals surface area contributed by atoms with Crippen LogP contribution in [0.3, 0.4) is 0 Å². The molecule has 4 aliphatic rings. The summed E-state index contributed by atoms with van der Waals surface area (Å²) >= 11 is 0. The number of amidine groups is 3. The summed E-state index contributed by atoms with van der Waals surface area (Å²) in [6.07, 6.45) is 5.53. The van der Waals surface area contributed by atoms with E-state index in [0.717, 1.165) is 25.7 Å². The average molecular weight is 636 g/mol. The lowest BCUT2D eigenvalue weighted by atomic mass is 9.83. The Morgan fingerprint density at radius 3 is 1.70 bits per heavy atom. The fourth-order valence-corrected chi connectivity index (χ4v) is 8.00. The van der Waals surface area contributed by atoms with Crippen LogP contribution in [0.1, 0.15) is 60.3 Å². The van der Waals surface area contributed by atoms with Crippen LogP contribution >= 0.6 is 0 Å². The van der Waals surface area contributed by atoms with Crippen LogP contribution < -0.4 is 5.19 Å². The zero-order valence-corrected chi connectivity index (χ0v) is 27.2. The van der Waals surface area contributed by atoms with E-state index in [1.165, 1.54) is 30.7 Å². The Hall–Kier alpha value is -4.45. The number of hydrogen-bond acceptors (Lipinski definition) is 7. The maximum Gasteiger partial charge on any atom is 0.243 e. The molecule has 232 valence electrons. The number of rotatable bonds is 6. The Labute approximate surface area is 267 Å². The average Bonchev–Trinajstić information content (AvgIpc) is 3.05. The fourth-order valence-electron chi connectivity index (χ4n) is 6.15. The highest BCUT2D eigenvalue weighted by atomic mass is 28.3. The highest BCUT2D eigenvalue weighted by molar-refractivity contribution is 7.37. The molecular formula is C34H33BF3N7Si. The standard InChI is InChI=1S/C34H33BF3N7Si/c1-35(2)46(3,4)28-19-23(13-17-27(28)38)31-43-33-40-29(21-10-14-24(36)15-11-21)39-32-41-30(42-34(44-31)45(32)33)22-12-16-26(37)25(18-22)20-8-6-5-7-9-20/h10-20H,5-9H2,1-4H3. The summed E-state index contributed by atoms with van der Waals surface area (Å²) in [7, 11) is -2.14. The quantitative estimate of drug-likeness (QED) is 0.270. The molecule has 1 fully saturated rings. The molecule has 12 heteroatoms. The van der Waals surface area contributed by atoms with Gasteiger partial charge in [-0.05, 0) is 90.2 Å². The Morgan fingerprint density at radius 2 is 1.13 bits per heavy atom. The van der Waals surface area contributed by atoms with Crippen molar-refractivity contribution in [1.29, 1.82) is 0 Å². The van der Waals surface area contributed by atoms with Gasteiger partial charge in [0, 0.05) is 16.7 Å². The molecule has 1 saturated carbocycles. The first-order valence-corrected chi connectivity index (χ1v) is 18.8. The second kappa shape index (κ2) is 11.7. The number of hydrogen-bond donors (Lipinski definition) is 0. The van der Waals surface area contributed by atoms with E-state index in [1.807, 2.05) is 12.1 Å². The SMILES string of the molecule is CB(C)[Si](C)(C)c1cc(C2=NC3=NC(c4ccc(F)c(C5CCCCC5)c4)=NC4=NC(c5ccc(F)cc5)=NC(=N2)N43)ccc1F. The van der Waals surface area contributed by atoms with Gasteiger partial charge in [0.1, 0.15) is 23.8 Å². The first-order chi connectivity index (χ1) is 22.1. The molecule has 7 rings (SSSR count). The van der Waals surface area contributed by atoms with Crippen molar-refractivity contribution in [1.82, 2.24) is 4.90 Å². The number of benzene rings is 3. The molecule has 0 atom stereocenters. The predicted octanol–water partition coefficient (Wildman–Crippen LogP) is 6.95. The van der Waals surface area contributed by atoms with Gasteiger partial charge in [-0.1, -0.05) is 46.0 Å². The van der Waals surface area contributed by atoms with Gasteiger partial charge >= 0.3 is 0 Å². The highest BCUT2D eigenvalue weighted by Crippen LogP contribution is 2.35. The van der Waals surface area contributed by atoms with Gasteiger partial charge < -0.3 is 0 Å². The van der Waals surface area contributed by atoms with Crippen LogP contribution in [-0.4, -0.2) is 54.5 Å². The van der Waals surface area contributed by atoms with E-state index in [9.17, 15) is 4.39 Å². The molecule has 3 aliphatic heterocycles. The topological polar surface area (TPSA) is 77.4 Å². The maximum absolute atomic E-state index is 15.2. The summed E-state index contributed by atoms with van der Waals surface area (Å²) < 4.78 is 44.1. The van der Waals surface area contributed by atoms with E-state index in [4.69, 9.17) is 30.0 Å². The van der Waals surface area contributed by atoms with Gasteiger partial charge in [-0.2, -0.15) is 30.0 Å². The van der Waals surface area contributed by atoms with Crippen LogP contribution in [0, 0.1) is 17.5 Å². The van der Waals surface area contributed by atoms with Crippen molar-refractivity contribution >= 4 is 54.8 Å². The van der Waals surface area contributed by atoms with Crippen LogP contribution in [0.25, 0.3) is 0 Å². The second-order valence-electron chi connectivity index (χ2n) is 13.0. The number of halogens is 3. The number of aliphatic imine (C=N–C) groups is 6. The van der Waals surface area contributed by atoms with E-state index >= 15 is 8.78 Å². The van der Waals surface area contributed by atoms with Gasteiger partial charge in [0.2, 0.25) is 17.9 Å². The molecule has 1 aliphatic carbocycles. The molecular weight excluding hydrogens is 602 g/mol.